The standard InChI is InChI=1S/C16H13N3O2/c1-16(17)5-2-3-10-12(16)11-13(19-10)15(21)8-4-6-18-7-9(8)14(11)20/h2-7,12,19H,17H2,1H3/t12-,16-/m1/s1. The molecule has 3 N–H and O–H groups in total. The van der Waals surface area contributed by atoms with Crippen molar-refractivity contribution in [1.82, 2.24) is 10.3 Å². The molecule has 0 radical (unpaired) electrons. The van der Waals surface area contributed by atoms with E-state index in [1.807, 2.05) is 25.2 Å². The van der Waals surface area contributed by atoms with Gasteiger partial charge in [-0.15, -0.1) is 0 Å². The van der Waals surface area contributed by atoms with Crippen LogP contribution in [0.1, 0.15) is 27.6 Å². The number of hydrogen-bond donors (Lipinski definition) is 2. The Morgan fingerprint density at radius 1 is 1.29 bits per heavy atom. The first-order valence-electron chi connectivity index (χ1n) is 6.73. The monoisotopic (exact) mass is 279 g/mol. The number of aromatic nitrogens is 1. The predicted molar refractivity (Wildman–Crippen MR) is 76.4 cm³/mol. The van der Waals surface area contributed by atoms with Crippen LogP contribution in [0.25, 0.3) is 0 Å². The molecule has 2 atom stereocenters. The molecule has 1 aromatic rings. The van der Waals surface area contributed by atoms with Crippen LogP contribution in [0.5, 0.6) is 0 Å². The quantitative estimate of drug-likeness (QED) is 0.743. The largest absolute Gasteiger partial charge is 0.355 e. The van der Waals surface area contributed by atoms with Gasteiger partial charge in [-0.25, -0.2) is 0 Å². The number of allylic oxidation sites excluding steroid dienone is 3. The number of nitrogens with one attached hydrogen (secondary N) is 1. The number of nitrogens with zero attached hydrogens (tertiary/aromatic N) is 1. The highest BCUT2D eigenvalue weighted by Gasteiger charge is 2.48. The Hall–Kier alpha value is -2.53. The van der Waals surface area contributed by atoms with E-state index in [0.29, 0.717) is 22.4 Å². The molecule has 1 aromatic heterocycles. The van der Waals surface area contributed by atoms with Crippen molar-refractivity contribution in [3.8, 4) is 0 Å². The second-order valence-electron chi connectivity index (χ2n) is 5.77. The lowest BCUT2D eigenvalue weighted by Gasteiger charge is -2.33. The number of carbonyl (C=O) groups excluding carboxylic acids is 2. The third kappa shape index (κ3) is 1.46. The van der Waals surface area contributed by atoms with E-state index in [1.54, 1.807) is 6.07 Å². The fraction of sp³-hybridized carbons (Fsp3) is 0.188. The molecule has 0 bridgehead atoms. The van der Waals surface area contributed by atoms with Crippen molar-refractivity contribution in [3.63, 3.8) is 0 Å². The summed E-state index contributed by atoms with van der Waals surface area (Å²) in [5.41, 5.74) is 7.98. The fourth-order valence-corrected chi connectivity index (χ4v) is 3.30. The van der Waals surface area contributed by atoms with Crippen molar-refractivity contribution in [1.29, 1.82) is 0 Å². The number of hydrogen-bond acceptors (Lipinski definition) is 5. The van der Waals surface area contributed by atoms with E-state index in [1.165, 1.54) is 12.4 Å². The molecule has 2 heterocycles. The van der Waals surface area contributed by atoms with Gasteiger partial charge in [-0.05, 0) is 19.1 Å². The lowest BCUT2D eigenvalue weighted by molar-refractivity contribution is 0.0966. The van der Waals surface area contributed by atoms with Crippen LogP contribution in [-0.2, 0) is 0 Å². The molecule has 0 unspecified atom stereocenters. The lowest BCUT2D eigenvalue weighted by atomic mass is 9.73. The van der Waals surface area contributed by atoms with Gasteiger partial charge in [0, 0.05) is 34.8 Å². The van der Waals surface area contributed by atoms with Gasteiger partial charge in [0.15, 0.2) is 5.78 Å². The number of ketones is 2. The zero-order valence-electron chi connectivity index (χ0n) is 11.4. The summed E-state index contributed by atoms with van der Waals surface area (Å²) in [6.45, 7) is 1.86. The maximum absolute atomic E-state index is 12.8. The average Bonchev–Trinajstić information content (AvgIpc) is 2.86. The summed E-state index contributed by atoms with van der Waals surface area (Å²) in [4.78, 5) is 29.4. The van der Waals surface area contributed by atoms with Crippen LogP contribution in [0.15, 0.2) is 53.7 Å². The van der Waals surface area contributed by atoms with Gasteiger partial charge in [0.05, 0.1) is 17.2 Å². The van der Waals surface area contributed by atoms with E-state index in [0.717, 1.165) is 5.70 Å². The Labute approximate surface area is 121 Å². The smallest absolute Gasteiger partial charge is 0.210 e. The molecule has 0 spiro atoms. The topological polar surface area (TPSA) is 85.1 Å². The number of rotatable bonds is 0. The molecule has 21 heavy (non-hydrogen) atoms. The molecule has 0 saturated heterocycles. The Morgan fingerprint density at radius 2 is 2.10 bits per heavy atom. The van der Waals surface area contributed by atoms with Gasteiger partial charge >= 0.3 is 0 Å². The molecular formula is C16H13N3O2. The van der Waals surface area contributed by atoms with Crippen molar-refractivity contribution < 1.29 is 9.59 Å². The van der Waals surface area contributed by atoms with E-state index < -0.39 is 5.54 Å². The summed E-state index contributed by atoms with van der Waals surface area (Å²) in [6.07, 6.45) is 8.54. The second kappa shape index (κ2) is 3.77. The Morgan fingerprint density at radius 3 is 2.90 bits per heavy atom. The molecular weight excluding hydrogens is 266 g/mol. The predicted octanol–water partition coefficient (Wildman–Crippen LogP) is 1.11. The summed E-state index contributed by atoms with van der Waals surface area (Å²) in [7, 11) is 0. The first kappa shape index (κ1) is 12.2. The Kier molecular flexibility index (Phi) is 2.19. The summed E-state index contributed by atoms with van der Waals surface area (Å²) >= 11 is 0. The number of fused-ring (bicyclic) bond motifs is 3. The molecule has 5 nitrogen and oxygen atoms in total. The lowest BCUT2D eigenvalue weighted by Crippen LogP contribution is -2.46. The minimum absolute atomic E-state index is 0.166. The normalized spacial score (nSPS) is 29.6. The molecule has 0 amide bonds. The third-order valence-electron chi connectivity index (χ3n) is 4.27. The van der Waals surface area contributed by atoms with Gasteiger partial charge in [0.2, 0.25) is 5.78 Å². The van der Waals surface area contributed by atoms with Crippen LogP contribution in [0.4, 0.5) is 0 Å². The Bertz CT molecular complexity index is 799. The van der Waals surface area contributed by atoms with Crippen molar-refractivity contribution >= 4 is 11.6 Å². The van der Waals surface area contributed by atoms with Crippen LogP contribution in [0, 0.1) is 5.92 Å². The van der Waals surface area contributed by atoms with E-state index in [9.17, 15) is 9.59 Å². The van der Waals surface area contributed by atoms with E-state index in [-0.39, 0.29) is 17.5 Å². The van der Waals surface area contributed by atoms with Gasteiger partial charge in [0.25, 0.3) is 0 Å². The maximum Gasteiger partial charge on any atom is 0.210 e. The molecule has 3 aliphatic rings. The van der Waals surface area contributed by atoms with E-state index in [2.05, 4.69) is 10.3 Å². The molecule has 4 rings (SSSR count). The minimum Gasteiger partial charge on any atom is -0.355 e. The van der Waals surface area contributed by atoms with Crippen LogP contribution in [0.3, 0.4) is 0 Å². The fourth-order valence-electron chi connectivity index (χ4n) is 3.30. The van der Waals surface area contributed by atoms with Crippen LogP contribution < -0.4 is 11.1 Å². The first-order chi connectivity index (χ1) is 10.0. The number of nitrogens with two attached hydrogens (primary N) is 1. The number of carbonyl (C=O) groups is 2. The highest BCUT2D eigenvalue weighted by Crippen LogP contribution is 2.43. The summed E-state index contributed by atoms with van der Waals surface area (Å²) in [5, 5.41) is 3.09. The molecule has 1 aliphatic heterocycles. The molecule has 0 aromatic carbocycles. The third-order valence-corrected chi connectivity index (χ3v) is 4.27. The van der Waals surface area contributed by atoms with Crippen LogP contribution in [0.2, 0.25) is 0 Å². The van der Waals surface area contributed by atoms with Crippen LogP contribution >= 0.6 is 0 Å². The summed E-state index contributed by atoms with van der Waals surface area (Å²) in [5.74, 6) is -0.656. The first-order valence-corrected chi connectivity index (χ1v) is 6.73. The molecule has 5 heteroatoms. The summed E-state index contributed by atoms with van der Waals surface area (Å²) < 4.78 is 0. The second-order valence-corrected chi connectivity index (χ2v) is 5.77. The number of pyridine rings is 1. The molecule has 0 saturated carbocycles. The van der Waals surface area contributed by atoms with Crippen molar-refractivity contribution in [2.24, 2.45) is 11.7 Å². The van der Waals surface area contributed by atoms with Gasteiger partial charge < -0.3 is 11.1 Å². The van der Waals surface area contributed by atoms with Crippen LogP contribution in [-0.4, -0.2) is 22.1 Å². The average molecular weight is 279 g/mol. The van der Waals surface area contributed by atoms with Crippen molar-refractivity contribution in [3.05, 3.63) is 64.8 Å². The number of Topliss-reactive ketones (excluding diaryl/α,β-unsaturated/α-hetero) is 2. The Balaban J connectivity index is 1.94. The van der Waals surface area contributed by atoms with Gasteiger partial charge in [-0.1, -0.05) is 12.2 Å². The zero-order valence-corrected chi connectivity index (χ0v) is 11.4. The highest BCUT2D eigenvalue weighted by atomic mass is 16.1. The maximum atomic E-state index is 12.8. The van der Waals surface area contributed by atoms with Gasteiger partial charge in [-0.2, -0.15) is 0 Å². The molecule has 2 aliphatic carbocycles. The van der Waals surface area contributed by atoms with Gasteiger partial charge in [0.1, 0.15) is 0 Å². The van der Waals surface area contributed by atoms with Crippen molar-refractivity contribution in [2.45, 2.75) is 12.5 Å². The SMILES string of the molecule is C[C@@]1(N)C=CC=C2NC3=C(C(=O)c4cnccc4C3=O)[C@@H]21. The highest BCUT2D eigenvalue weighted by molar-refractivity contribution is 6.27. The van der Waals surface area contributed by atoms with Gasteiger partial charge in [-0.3, -0.25) is 14.6 Å². The van der Waals surface area contributed by atoms with E-state index in [4.69, 9.17) is 5.73 Å². The minimum atomic E-state index is -0.705. The summed E-state index contributed by atoms with van der Waals surface area (Å²) in [6, 6.07) is 1.58. The molecule has 0 fully saturated rings. The van der Waals surface area contributed by atoms with Crippen molar-refractivity contribution in [2.75, 3.05) is 0 Å². The van der Waals surface area contributed by atoms with E-state index >= 15 is 0 Å². The molecule has 104 valence electrons. The zero-order chi connectivity index (χ0) is 14.8.